The van der Waals surface area contributed by atoms with Crippen molar-refractivity contribution in [2.24, 2.45) is 0 Å². The Morgan fingerprint density at radius 1 is 0.968 bits per heavy atom. The number of benzene rings is 2. The summed E-state index contributed by atoms with van der Waals surface area (Å²) < 4.78 is 26.9. The first-order valence-electron chi connectivity index (χ1n) is 10.1. The lowest BCUT2D eigenvalue weighted by molar-refractivity contribution is -0.117. The first kappa shape index (κ1) is 21.5. The second-order valence-corrected chi connectivity index (χ2v) is 8.67. The topological polar surface area (TPSA) is 61.4 Å². The molecule has 0 spiro atoms. The van der Waals surface area contributed by atoms with Gasteiger partial charge in [-0.15, -0.1) is 10.2 Å². The van der Waals surface area contributed by atoms with Crippen LogP contribution in [0.3, 0.4) is 0 Å². The number of aryl methyl sites for hydroxylation is 1. The Morgan fingerprint density at radius 2 is 1.52 bits per heavy atom. The number of halogens is 2. The summed E-state index contributed by atoms with van der Waals surface area (Å²) in [6.45, 7) is 4.99. The number of anilines is 1. The van der Waals surface area contributed by atoms with Crippen molar-refractivity contribution in [2.75, 3.05) is 38.0 Å². The van der Waals surface area contributed by atoms with Crippen molar-refractivity contribution in [3.05, 3.63) is 76.3 Å². The quantitative estimate of drug-likeness (QED) is 0.632. The van der Waals surface area contributed by atoms with Gasteiger partial charge in [-0.2, -0.15) is 0 Å². The lowest BCUT2D eigenvalue weighted by Gasteiger charge is -2.39. The van der Waals surface area contributed by atoms with E-state index < -0.39 is 0 Å². The maximum Gasteiger partial charge on any atom is 0.240 e. The summed E-state index contributed by atoms with van der Waals surface area (Å²) in [4.78, 5) is 16.7. The van der Waals surface area contributed by atoms with E-state index in [4.69, 9.17) is 0 Å². The second-order valence-electron chi connectivity index (χ2n) is 7.49. The maximum absolute atomic E-state index is 13.5. The number of carbonyl (C=O) groups is 1. The summed E-state index contributed by atoms with van der Waals surface area (Å²) in [5.41, 5.74) is 1.90. The largest absolute Gasteiger partial charge is 0.299 e. The number of amides is 1. The first-order chi connectivity index (χ1) is 15.0. The van der Waals surface area contributed by atoms with Crippen LogP contribution in [0.25, 0.3) is 0 Å². The molecule has 2 heterocycles. The van der Waals surface area contributed by atoms with E-state index in [-0.39, 0.29) is 30.1 Å². The minimum Gasteiger partial charge on any atom is -0.299 e. The monoisotopic (exact) mass is 443 g/mol. The third-order valence-electron chi connectivity index (χ3n) is 5.28. The number of nitrogens with zero attached hydrogens (tertiary/aromatic N) is 4. The number of hydrogen-bond donors (Lipinski definition) is 1. The zero-order chi connectivity index (χ0) is 21.8. The van der Waals surface area contributed by atoms with Crippen LogP contribution in [-0.4, -0.2) is 58.6 Å². The number of hydrogen-bond acceptors (Lipinski definition) is 6. The molecule has 1 fully saturated rings. The van der Waals surface area contributed by atoms with Crippen LogP contribution >= 0.6 is 11.3 Å². The van der Waals surface area contributed by atoms with Crippen LogP contribution in [0.1, 0.15) is 22.2 Å². The van der Waals surface area contributed by atoms with Crippen molar-refractivity contribution >= 4 is 22.4 Å². The van der Waals surface area contributed by atoms with Gasteiger partial charge < -0.3 is 0 Å². The number of nitrogens with one attached hydrogen (secondary N) is 1. The summed E-state index contributed by atoms with van der Waals surface area (Å²) in [6.07, 6.45) is 0. The highest BCUT2D eigenvalue weighted by Gasteiger charge is 2.27. The van der Waals surface area contributed by atoms with Gasteiger partial charge >= 0.3 is 0 Å². The molecule has 1 amide bonds. The van der Waals surface area contributed by atoms with Gasteiger partial charge in [-0.05, 0) is 42.3 Å². The molecule has 0 atom stereocenters. The third kappa shape index (κ3) is 5.49. The van der Waals surface area contributed by atoms with Crippen molar-refractivity contribution in [2.45, 2.75) is 13.0 Å². The Labute approximate surface area is 183 Å². The second kappa shape index (κ2) is 9.59. The van der Waals surface area contributed by atoms with E-state index >= 15 is 0 Å². The van der Waals surface area contributed by atoms with E-state index in [2.05, 4.69) is 25.3 Å². The molecule has 0 aliphatic carbocycles. The highest BCUT2D eigenvalue weighted by Crippen LogP contribution is 2.30. The minimum atomic E-state index is -0.289. The SMILES string of the molecule is Cc1nnc(NC(=O)CN2CCN(C(c3ccc(F)cc3)c3ccc(F)cc3)CC2)s1. The molecule has 0 unspecified atom stereocenters. The average Bonchev–Trinajstić information content (AvgIpc) is 3.16. The van der Waals surface area contributed by atoms with Gasteiger partial charge in [-0.1, -0.05) is 35.6 Å². The van der Waals surface area contributed by atoms with Crippen molar-refractivity contribution in [3.63, 3.8) is 0 Å². The molecule has 1 aliphatic heterocycles. The number of piperazine rings is 1. The van der Waals surface area contributed by atoms with Crippen LogP contribution in [0.15, 0.2) is 48.5 Å². The van der Waals surface area contributed by atoms with Gasteiger partial charge in [0.15, 0.2) is 0 Å². The predicted molar refractivity (Wildman–Crippen MR) is 116 cm³/mol. The molecule has 162 valence electrons. The predicted octanol–water partition coefficient (Wildman–Crippen LogP) is 3.47. The highest BCUT2D eigenvalue weighted by molar-refractivity contribution is 7.15. The Kier molecular flexibility index (Phi) is 6.64. The standard InChI is InChI=1S/C22H23F2N5OS/c1-15-26-27-22(31-15)25-20(30)14-28-10-12-29(13-11-28)21(16-2-6-18(23)7-3-16)17-4-8-19(24)9-5-17/h2-9,21H,10-14H2,1H3,(H,25,27,30). The van der Waals surface area contributed by atoms with E-state index in [0.29, 0.717) is 18.2 Å². The molecule has 3 aromatic rings. The van der Waals surface area contributed by atoms with Crippen LogP contribution in [0, 0.1) is 18.6 Å². The number of rotatable bonds is 6. The molecule has 1 N–H and O–H groups in total. The van der Waals surface area contributed by atoms with Gasteiger partial charge in [0.1, 0.15) is 16.6 Å². The Hall–Kier alpha value is -2.75. The first-order valence-corrected chi connectivity index (χ1v) is 10.9. The van der Waals surface area contributed by atoms with E-state index in [0.717, 1.165) is 29.2 Å². The zero-order valence-corrected chi connectivity index (χ0v) is 17.9. The van der Waals surface area contributed by atoms with E-state index in [1.54, 1.807) is 24.3 Å². The molecule has 2 aromatic carbocycles. The van der Waals surface area contributed by atoms with Gasteiger partial charge in [0, 0.05) is 26.2 Å². The lowest BCUT2D eigenvalue weighted by Crippen LogP contribution is -2.49. The van der Waals surface area contributed by atoms with Crippen LogP contribution in [-0.2, 0) is 4.79 Å². The van der Waals surface area contributed by atoms with Crippen molar-refractivity contribution < 1.29 is 13.6 Å². The van der Waals surface area contributed by atoms with Crippen molar-refractivity contribution in [1.29, 1.82) is 0 Å². The van der Waals surface area contributed by atoms with E-state index in [9.17, 15) is 13.6 Å². The maximum atomic E-state index is 13.5. The normalized spacial score (nSPS) is 15.4. The molecule has 0 bridgehead atoms. The fourth-order valence-corrected chi connectivity index (χ4v) is 4.40. The van der Waals surface area contributed by atoms with Gasteiger partial charge in [0.05, 0.1) is 12.6 Å². The summed E-state index contributed by atoms with van der Waals surface area (Å²) in [5, 5.41) is 11.9. The van der Waals surface area contributed by atoms with Crippen LogP contribution in [0.4, 0.5) is 13.9 Å². The van der Waals surface area contributed by atoms with Gasteiger partial charge in [-0.3, -0.25) is 19.9 Å². The number of carbonyl (C=O) groups excluding carboxylic acids is 1. The van der Waals surface area contributed by atoms with Crippen LogP contribution < -0.4 is 5.32 Å². The van der Waals surface area contributed by atoms with Crippen LogP contribution in [0.5, 0.6) is 0 Å². The summed E-state index contributed by atoms with van der Waals surface area (Å²) >= 11 is 1.35. The Morgan fingerprint density at radius 3 is 2.00 bits per heavy atom. The smallest absolute Gasteiger partial charge is 0.240 e. The molecule has 1 aliphatic rings. The third-order valence-corrected chi connectivity index (χ3v) is 6.04. The Bertz CT molecular complexity index is 972. The van der Waals surface area contributed by atoms with Gasteiger partial charge in [0.2, 0.25) is 11.0 Å². The minimum absolute atomic E-state index is 0.110. The molecule has 1 aromatic heterocycles. The fraction of sp³-hybridized carbons (Fsp3) is 0.318. The summed E-state index contributed by atoms with van der Waals surface area (Å²) in [5.74, 6) is -0.690. The number of aromatic nitrogens is 2. The lowest BCUT2D eigenvalue weighted by atomic mass is 9.96. The molecule has 9 heteroatoms. The molecule has 0 radical (unpaired) electrons. The summed E-state index contributed by atoms with van der Waals surface area (Å²) in [6, 6.07) is 12.8. The molecular formula is C22H23F2N5OS. The Balaban J connectivity index is 1.42. The molecular weight excluding hydrogens is 420 g/mol. The zero-order valence-electron chi connectivity index (χ0n) is 17.1. The highest BCUT2D eigenvalue weighted by atomic mass is 32.1. The molecule has 1 saturated heterocycles. The van der Waals surface area contributed by atoms with E-state index in [1.165, 1.54) is 35.6 Å². The molecule has 31 heavy (non-hydrogen) atoms. The van der Waals surface area contributed by atoms with Crippen molar-refractivity contribution in [3.8, 4) is 0 Å². The van der Waals surface area contributed by atoms with Gasteiger partial charge in [0.25, 0.3) is 0 Å². The summed E-state index contributed by atoms with van der Waals surface area (Å²) in [7, 11) is 0. The van der Waals surface area contributed by atoms with Gasteiger partial charge in [-0.25, -0.2) is 8.78 Å². The molecule has 6 nitrogen and oxygen atoms in total. The van der Waals surface area contributed by atoms with Crippen LogP contribution in [0.2, 0.25) is 0 Å². The van der Waals surface area contributed by atoms with E-state index in [1.807, 2.05) is 6.92 Å². The molecule has 0 saturated carbocycles. The fourth-order valence-electron chi connectivity index (χ4n) is 3.79. The average molecular weight is 444 g/mol. The van der Waals surface area contributed by atoms with Crippen molar-refractivity contribution in [1.82, 2.24) is 20.0 Å². The molecule has 4 rings (SSSR count).